The van der Waals surface area contributed by atoms with E-state index in [2.05, 4.69) is 0 Å². The van der Waals surface area contributed by atoms with Crippen LogP contribution in [0.4, 0.5) is 26.3 Å². The van der Waals surface area contributed by atoms with Gasteiger partial charge in [-0.2, -0.15) is 8.78 Å². The van der Waals surface area contributed by atoms with E-state index in [1.165, 1.54) is 18.2 Å². The molecule has 2 unspecified atom stereocenters. The van der Waals surface area contributed by atoms with Crippen molar-refractivity contribution in [3.8, 4) is 22.6 Å². The minimum atomic E-state index is -1.36. The first-order chi connectivity index (χ1) is 21.6. The molecule has 0 heterocycles. The summed E-state index contributed by atoms with van der Waals surface area (Å²) in [5.74, 6) is -6.39. The molecule has 242 valence electrons. The second-order valence-corrected chi connectivity index (χ2v) is 12.0. The average molecular weight is 633 g/mol. The first-order valence-corrected chi connectivity index (χ1v) is 15.7. The van der Waals surface area contributed by atoms with Crippen LogP contribution in [0.5, 0.6) is 11.5 Å². The van der Waals surface area contributed by atoms with Crippen LogP contribution in [0.1, 0.15) is 82.4 Å². The SMILES string of the molecule is CCOc1ccc(C2=CCC(C3CCC(COc4ccc(-c5ccc(C(O)CC)c(F)c5F)c(F)c4F)CC3)CC2)c(F)c1F. The van der Waals surface area contributed by atoms with Crippen molar-refractivity contribution in [3.05, 3.63) is 88.5 Å². The van der Waals surface area contributed by atoms with Crippen LogP contribution in [0.2, 0.25) is 0 Å². The third-order valence-electron chi connectivity index (χ3n) is 9.37. The number of hydrogen-bond acceptors (Lipinski definition) is 3. The lowest BCUT2D eigenvalue weighted by atomic mass is 9.71. The summed E-state index contributed by atoms with van der Waals surface area (Å²) in [5, 5.41) is 9.88. The van der Waals surface area contributed by atoms with E-state index in [-0.39, 0.29) is 48.2 Å². The second-order valence-electron chi connectivity index (χ2n) is 12.0. The maximum Gasteiger partial charge on any atom is 0.201 e. The van der Waals surface area contributed by atoms with E-state index >= 15 is 0 Å². The summed E-state index contributed by atoms with van der Waals surface area (Å²) in [4.78, 5) is 0. The molecule has 0 saturated heterocycles. The van der Waals surface area contributed by atoms with Crippen molar-refractivity contribution in [3.63, 3.8) is 0 Å². The third-order valence-corrected chi connectivity index (χ3v) is 9.37. The summed E-state index contributed by atoms with van der Waals surface area (Å²) < 4.78 is 99.1. The number of aliphatic hydroxyl groups excluding tert-OH is 1. The van der Waals surface area contributed by atoms with E-state index in [1.807, 2.05) is 6.08 Å². The van der Waals surface area contributed by atoms with Gasteiger partial charge < -0.3 is 14.6 Å². The summed E-state index contributed by atoms with van der Waals surface area (Å²) >= 11 is 0. The number of aliphatic hydroxyl groups is 1. The van der Waals surface area contributed by atoms with Gasteiger partial charge in [0, 0.05) is 22.3 Å². The molecule has 1 saturated carbocycles. The van der Waals surface area contributed by atoms with Crippen LogP contribution >= 0.6 is 0 Å². The number of allylic oxidation sites excluding steroid dienone is 2. The molecule has 2 aliphatic carbocycles. The monoisotopic (exact) mass is 632 g/mol. The van der Waals surface area contributed by atoms with Crippen LogP contribution in [0, 0.1) is 52.7 Å². The molecule has 0 radical (unpaired) electrons. The Bertz CT molecular complexity index is 1550. The van der Waals surface area contributed by atoms with Crippen molar-refractivity contribution in [1.29, 1.82) is 0 Å². The van der Waals surface area contributed by atoms with E-state index in [0.29, 0.717) is 18.3 Å². The van der Waals surface area contributed by atoms with Crippen molar-refractivity contribution >= 4 is 5.57 Å². The second kappa shape index (κ2) is 14.3. The van der Waals surface area contributed by atoms with E-state index in [1.54, 1.807) is 19.9 Å². The van der Waals surface area contributed by atoms with Gasteiger partial charge in [-0.25, -0.2) is 17.6 Å². The molecule has 3 nitrogen and oxygen atoms in total. The zero-order valence-electron chi connectivity index (χ0n) is 25.5. The maximum atomic E-state index is 15.0. The summed E-state index contributed by atoms with van der Waals surface area (Å²) in [6.45, 7) is 3.78. The largest absolute Gasteiger partial charge is 0.491 e. The fourth-order valence-electron chi connectivity index (χ4n) is 6.71. The first kappa shape index (κ1) is 32.9. The lowest BCUT2D eigenvalue weighted by molar-refractivity contribution is 0.146. The van der Waals surface area contributed by atoms with Crippen LogP contribution in [-0.2, 0) is 0 Å². The average Bonchev–Trinajstić information content (AvgIpc) is 3.06. The Hall–Kier alpha value is -3.46. The van der Waals surface area contributed by atoms with Crippen LogP contribution in [-0.4, -0.2) is 18.3 Å². The minimum Gasteiger partial charge on any atom is -0.491 e. The van der Waals surface area contributed by atoms with Crippen molar-refractivity contribution in [2.45, 2.75) is 71.3 Å². The lowest BCUT2D eigenvalue weighted by Crippen LogP contribution is -2.26. The molecule has 0 amide bonds. The molecule has 1 N–H and O–H groups in total. The predicted octanol–water partition coefficient (Wildman–Crippen LogP) is 10.1. The molecular weight excluding hydrogens is 594 g/mol. The van der Waals surface area contributed by atoms with Gasteiger partial charge in [0.25, 0.3) is 0 Å². The maximum absolute atomic E-state index is 15.0. The van der Waals surface area contributed by atoms with Gasteiger partial charge in [-0.05, 0) is 106 Å². The van der Waals surface area contributed by atoms with E-state index in [4.69, 9.17) is 9.47 Å². The lowest BCUT2D eigenvalue weighted by Gasteiger charge is -2.35. The third kappa shape index (κ3) is 6.88. The molecular formula is C36H38F6O3. The van der Waals surface area contributed by atoms with Gasteiger partial charge in [-0.3, -0.25) is 0 Å². The molecule has 3 aromatic carbocycles. The Labute approximate surface area is 259 Å². The van der Waals surface area contributed by atoms with Gasteiger partial charge in [0.1, 0.15) is 0 Å². The first-order valence-electron chi connectivity index (χ1n) is 15.7. The fourth-order valence-corrected chi connectivity index (χ4v) is 6.71. The molecule has 5 rings (SSSR count). The van der Waals surface area contributed by atoms with Crippen LogP contribution in [0.25, 0.3) is 16.7 Å². The molecule has 2 atom stereocenters. The smallest absolute Gasteiger partial charge is 0.201 e. The van der Waals surface area contributed by atoms with Gasteiger partial charge in [-0.15, -0.1) is 0 Å². The van der Waals surface area contributed by atoms with Gasteiger partial charge in [-0.1, -0.05) is 25.1 Å². The topological polar surface area (TPSA) is 38.7 Å². The van der Waals surface area contributed by atoms with Crippen molar-refractivity contribution in [1.82, 2.24) is 0 Å². The highest BCUT2D eigenvalue weighted by Crippen LogP contribution is 2.42. The van der Waals surface area contributed by atoms with Crippen molar-refractivity contribution < 1.29 is 40.9 Å². The van der Waals surface area contributed by atoms with Crippen LogP contribution < -0.4 is 9.47 Å². The highest BCUT2D eigenvalue weighted by molar-refractivity contribution is 5.68. The zero-order chi connectivity index (χ0) is 32.2. The number of benzene rings is 3. The Balaban J connectivity index is 1.15. The molecule has 45 heavy (non-hydrogen) atoms. The highest BCUT2D eigenvalue weighted by atomic mass is 19.2. The quantitative estimate of drug-likeness (QED) is 0.226. The number of halogens is 6. The van der Waals surface area contributed by atoms with E-state index in [0.717, 1.165) is 56.2 Å². The number of hydrogen-bond donors (Lipinski definition) is 1. The summed E-state index contributed by atoms with van der Waals surface area (Å²) in [5.41, 5.74) is -0.0195. The summed E-state index contributed by atoms with van der Waals surface area (Å²) in [7, 11) is 0. The summed E-state index contributed by atoms with van der Waals surface area (Å²) in [6.07, 6.45) is 6.95. The molecule has 0 bridgehead atoms. The van der Waals surface area contributed by atoms with E-state index < -0.39 is 52.1 Å². The molecule has 3 aromatic rings. The Morgan fingerprint density at radius 3 is 1.84 bits per heavy atom. The predicted molar refractivity (Wildman–Crippen MR) is 161 cm³/mol. The van der Waals surface area contributed by atoms with Crippen LogP contribution in [0.15, 0.2) is 42.5 Å². The van der Waals surface area contributed by atoms with Crippen molar-refractivity contribution in [2.75, 3.05) is 13.2 Å². The van der Waals surface area contributed by atoms with Gasteiger partial charge in [0.05, 0.1) is 19.3 Å². The van der Waals surface area contributed by atoms with Crippen molar-refractivity contribution in [2.24, 2.45) is 17.8 Å². The fraction of sp³-hybridized carbons (Fsp3) is 0.444. The standard InChI is InChI=1S/C36H38F6O3/c1-3-28(43)27-14-13-25(32(38)34(27)40)26-16-18-30(36(42)33(26)39)45-19-20-5-7-21(8-6-20)22-9-11-23(12-10-22)24-15-17-29(44-4-2)35(41)31(24)37/h11,13-18,20-22,28,43H,3-10,12,19H2,1-2H3. The normalized spacial score (nSPS) is 20.9. The molecule has 1 fully saturated rings. The van der Waals surface area contributed by atoms with Gasteiger partial charge in [0.15, 0.2) is 34.8 Å². The Morgan fingerprint density at radius 1 is 0.667 bits per heavy atom. The van der Waals surface area contributed by atoms with Gasteiger partial charge >= 0.3 is 0 Å². The highest BCUT2D eigenvalue weighted by Gasteiger charge is 2.30. The molecule has 0 aliphatic heterocycles. The minimum absolute atomic E-state index is 0.0824. The molecule has 9 heteroatoms. The molecule has 0 aromatic heterocycles. The van der Waals surface area contributed by atoms with E-state index in [9.17, 15) is 31.4 Å². The zero-order valence-corrected chi connectivity index (χ0v) is 25.5. The van der Waals surface area contributed by atoms with Crippen LogP contribution in [0.3, 0.4) is 0 Å². The Kier molecular flexibility index (Phi) is 10.5. The Morgan fingerprint density at radius 2 is 1.24 bits per heavy atom. The molecule has 2 aliphatic rings. The number of rotatable bonds is 10. The summed E-state index contributed by atoms with van der Waals surface area (Å²) in [6, 6.07) is 7.74. The molecule has 0 spiro atoms. The van der Waals surface area contributed by atoms with Gasteiger partial charge in [0.2, 0.25) is 11.6 Å². The number of ether oxygens (including phenoxy) is 2.